The zero-order chi connectivity index (χ0) is 14.4. The Hall–Kier alpha value is -1.78. The second-order valence-corrected chi connectivity index (χ2v) is 5.33. The molecule has 3 rings (SSSR count). The molecule has 0 amide bonds. The van der Waals surface area contributed by atoms with Crippen LogP contribution in [0.4, 0.5) is 10.3 Å². The van der Waals surface area contributed by atoms with Crippen molar-refractivity contribution in [3.63, 3.8) is 0 Å². The number of hydrogen-bond donors (Lipinski definition) is 1. The van der Waals surface area contributed by atoms with Crippen LogP contribution in [-0.2, 0) is 0 Å². The maximum absolute atomic E-state index is 13.5. The summed E-state index contributed by atoms with van der Waals surface area (Å²) in [4.78, 5) is 4.16. The van der Waals surface area contributed by atoms with E-state index in [4.69, 9.17) is 28.9 Å². The van der Waals surface area contributed by atoms with Crippen LogP contribution in [-0.4, -0.2) is 9.55 Å². The Bertz CT molecular complexity index is 827. The molecule has 20 heavy (non-hydrogen) atoms. The molecule has 6 heteroatoms. The smallest absolute Gasteiger partial charge is 0.205 e. The fourth-order valence-electron chi connectivity index (χ4n) is 2.17. The Morgan fingerprint density at radius 3 is 2.70 bits per heavy atom. The van der Waals surface area contributed by atoms with Crippen molar-refractivity contribution >= 4 is 40.2 Å². The van der Waals surface area contributed by atoms with Crippen LogP contribution in [0.1, 0.15) is 5.56 Å². The highest BCUT2D eigenvalue weighted by Crippen LogP contribution is 2.30. The minimum atomic E-state index is -0.522. The number of aryl methyl sites for hydroxylation is 1. The van der Waals surface area contributed by atoms with Gasteiger partial charge in [-0.3, -0.25) is 4.57 Å². The maximum Gasteiger partial charge on any atom is 0.205 e. The van der Waals surface area contributed by atoms with Crippen LogP contribution in [0.25, 0.3) is 16.7 Å². The first-order valence-electron chi connectivity index (χ1n) is 5.87. The minimum absolute atomic E-state index is 0.0262. The molecule has 0 radical (unpaired) electrons. The summed E-state index contributed by atoms with van der Waals surface area (Å²) in [5.74, 6) is -0.265. The molecule has 0 bridgehead atoms. The standard InChI is InChI=1S/C14H10Cl2FN3/c1-7-2-3-8(15)4-12(7)20-13-5-9(16)10(17)6-11(13)19-14(20)18/h2-6H,1H3,(H2,18,19). The van der Waals surface area contributed by atoms with Crippen molar-refractivity contribution in [3.05, 3.63) is 51.8 Å². The van der Waals surface area contributed by atoms with E-state index in [0.717, 1.165) is 11.3 Å². The topological polar surface area (TPSA) is 43.8 Å². The highest BCUT2D eigenvalue weighted by molar-refractivity contribution is 6.31. The summed E-state index contributed by atoms with van der Waals surface area (Å²) in [6, 6.07) is 8.24. The number of aromatic nitrogens is 2. The van der Waals surface area contributed by atoms with E-state index in [1.165, 1.54) is 12.1 Å². The number of fused-ring (bicyclic) bond motifs is 1. The fraction of sp³-hybridized carbons (Fsp3) is 0.0714. The Labute approximate surface area is 124 Å². The molecule has 0 aliphatic rings. The van der Waals surface area contributed by atoms with Crippen molar-refractivity contribution in [2.45, 2.75) is 6.92 Å². The number of nitrogens with zero attached hydrogens (tertiary/aromatic N) is 2. The molecule has 1 heterocycles. The molecule has 1 aromatic heterocycles. The summed E-state index contributed by atoms with van der Waals surface area (Å²) < 4.78 is 15.2. The highest BCUT2D eigenvalue weighted by Gasteiger charge is 2.14. The lowest BCUT2D eigenvalue weighted by atomic mass is 10.2. The molecule has 0 atom stereocenters. The van der Waals surface area contributed by atoms with Gasteiger partial charge in [0.1, 0.15) is 5.82 Å². The van der Waals surface area contributed by atoms with Gasteiger partial charge < -0.3 is 5.73 Å². The van der Waals surface area contributed by atoms with Gasteiger partial charge in [-0.05, 0) is 30.7 Å². The lowest BCUT2D eigenvalue weighted by molar-refractivity contribution is 0.630. The lowest BCUT2D eigenvalue weighted by Crippen LogP contribution is -2.02. The van der Waals surface area contributed by atoms with Gasteiger partial charge in [-0.15, -0.1) is 0 Å². The van der Waals surface area contributed by atoms with Gasteiger partial charge in [0.2, 0.25) is 5.95 Å². The summed E-state index contributed by atoms with van der Waals surface area (Å²) in [7, 11) is 0. The fourth-order valence-corrected chi connectivity index (χ4v) is 2.49. The molecule has 3 aromatic rings. The lowest BCUT2D eigenvalue weighted by Gasteiger charge is -2.10. The van der Waals surface area contributed by atoms with Crippen LogP contribution in [0.5, 0.6) is 0 Å². The number of nitrogen functional groups attached to an aromatic ring is 1. The predicted molar refractivity (Wildman–Crippen MR) is 80.2 cm³/mol. The Balaban J connectivity index is 2.38. The minimum Gasteiger partial charge on any atom is -0.369 e. The summed E-state index contributed by atoms with van der Waals surface area (Å²) in [6.45, 7) is 1.93. The quantitative estimate of drug-likeness (QED) is 0.725. The average molecular weight is 310 g/mol. The Morgan fingerprint density at radius 1 is 1.20 bits per heavy atom. The van der Waals surface area contributed by atoms with Crippen LogP contribution in [0.15, 0.2) is 30.3 Å². The molecule has 2 N–H and O–H groups in total. The zero-order valence-corrected chi connectivity index (χ0v) is 12.0. The van der Waals surface area contributed by atoms with Gasteiger partial charge in [0.15, 0.2) is 0 Å². The van der Waals surface area contributed by atoms with Crippen molar-refractivity contribution in [3.8, 4) is 5.69 Å². The van der Waals surface area contributed by atoms with Crippen molar-refractivity contribution in [2.24, 2.45) is 0 Å². The van der Waals surface area contributed by atoms with E-state index in [9.17, 15) is 4.39 Å². The van der Waals surface area contributed by atoms with Crippen LogP contribution in [0.3, 0.4) is 0 Å². The molecule has 0 saturated carbocycles. The van der Waals surface area contributed by atoms with E-state index < -0.39 is 5.82 Å². The average Bonchev–Trinajstić information content (AvgIpc) is 2.69. The molecular weight excluding hydrogens is 300 g/mol. The summed E-state index contributed by atoms with van der Waals surface area (Å²) in [5.41, 5.74) is 8.80. The zero-order valence-electron chi connectivity index (χ0n) is 10.5. The molecule has 0 fully saturated rings. The molecule has 3 nitrogen and oxygen atoms in total. The number of nitrogens with two attached hydrogens (primary N) is 1. The molecule has 0 aliphatic heterocycles. The SMILES string of the molecule is Cc1ccc(Cl)cc1-n1c(N)nc2cc(F)c(Cl)cc21. The molecule has 0 saturated heterocycles. The molecule has 2 aromatic carbocycles. The van der Waals surface area contributed by atoms with Crippen LogP contribution >= 0.6 is 23.2 Å². The number of hydrogen-bond acceptors (Lipinski definition) is 2. The predicted octanol–water partition coefficient (Wildman–Crippen LogP) is 4.36. The number of benzene rings is 2. The van der Waals surface area contributed by atoms with Gasteiger partial charge in [0, 0.05) is 11.1 Å². The van der Waals surface area contributed by atoms with Crippen LogP contribution in [0.2, 0.25) is 10.0 Å². The van der Waals surface area contributed by atoms with E-state index in [2.05, 4.69) is 4.98 Å². The van der Waals surface area contributed by atoms with Gasteiger partial charge in [-0.2, -0.15) is 0 Å². The van der Waals surface area contributed by atoms with Crippen molar-refractivity contribution in [1.82, 2.24) is 9.55 Å². The second kappa shape index (κ2) is 4.65. The van der Waals surface area contributed by atoms with Crippen LogP contribution in [0, 0.1) is 12.7 Å². The third-order valence-electron chi connectivity index (χ3n) is 3.13. The largest absolute Gasteiger partial charge is 0.369 e. The number of anilines is 1. The molecular formula is C14H10Cl2FN3. The van der Waals surface area contributed by atoms with E-state index >= 15 is 0 Å². The van der Waals surface area contributed by atoms with Gasteiger partial charge in [-0.25, -0.2) is 9.37 Å². The Kier molecular flexibility index (Phi) is 3.07. The summed E-state index contributed by atoms with van der Waals surface area (Å²) >= 11 is 11.9. The third-order valence-corrected chi connectivity index (χ3v) is 3.66. The molecule has 0 aliphatic carbocycles. The molecule has 102 valence electrons. The monoisotopic (exact) mass is 309 g/mol. The Morgan fingerprint density at radius 2 is 1.95 bits per heavy atom. The van der Waals surface area contributed by atoms with Gasteiger partial charge in [0.25, 0.3) is 0 Å². The second-order valence-electron chi connectivity index (χ2n) is 4.49. The van der Waals surface area contributed by atoms with Crippen molar-refractivity contribution in [2.75, 3.05) is 5.73 Å². The first kappa shape index (κ1) is 13.2. The van der Waals surface area contributed by atoms with Crippen LogP contribution < -0.4 is 5.73 Å². The third kappa shape index (κ3) is 2.01. The first-order chi connectivity index (χ1) is 9.47. The highest BCUT2D eigenvalue weighted by atomic mass is 35.5. The van der Waals surface area contributed by atoms with Gasteiger partial charge >= 0.3 is 0 Å². The van der Waals surface area contributed by atoms with Crippen molar-refractivity contribution < 1.29 is 4.39 Å². The van der Waals surface area contributed by atoms with Gasteiger partial charge in [-0.1, -0.05) is 29.3 Å². The van der Waals surface area contributed by atoms with E-state index in [0.29, 0.717) is 16.1 Å². The first-order valence-corrected chi connectivity index (χ1v) is 6.62. The number of halogens is 3. The summed E-state index contributed by atoms with van der Waals surface area (Å²) in [5, 5.41) is 0.610. The van der Waals surface area contributed by atoms with E-state index in [1.54, 1.807) is 16.7 Å². The molecule has 0 unspecified atom stereocenters. The molecule has 0 spiro atoms. The van der Waals surface area contributed by atoms with Crippen molar-refractivity contribution in [1.29, 1.82) is 0 Å². The van der Waals surface area contributed by atoms with Gasteiger partial charge in [0.05, 0.1) is 21.7 Å². The number of rotatable bonds is 1. The van der Waals surface area contributed by atoms with E-state index in [1.807, 2.05) is 13.0 Å². The normalized spacial score (nSPS) is 11.2. The van der Waals surface area contributed by atoms with E-state index in [-0.39, 0.29) is 11.0 Å². The maximum atomic E-state index is 13.5. The summed E-state index contributed by atoms with van der Waals surface area (Å²) in [6.07, 6.45) is 0. The number of imidazole rings is 1.